The number of methoxy groups -OCH3 is 1. The third-order valence-corrected chi connectivity index (χ3v) is 2.79. The summed E-state index contributed by atoms with van der Waals surface area (Å²) in [5.41, 5.74) is 0.810. The van der Waals surface area contributed by atoms with Crippen LogP contribution in [0.4, 0.5) is 0 Å². The van der Waals surface area contributed by atoms with Gasteiger partial charge in [0.25, 0.3) is 0 Å². The fraction of sp³-hybridized carbons (Fsp3) is 0.583. The van der Waals surface area contributed by atoms with Crippen molar-refractivity contribution >= 4 is 5.97 Å². The number of hydrogen-bond donors (Lipinski definition) is 1. The molecule has 2 unspecified atom stereocenters. The molecule has 0 aromatic carbocycles. The number of nitrogens with zero attached hydrogens (tertiary/aromatic N) is 2. The van der Waals surface area contributed by atoms with E-state index in [1.807, 2.05) is 13.8 Å². The Balaban J connectivity index is 2.58. The third kappa shape index (κ3) is 4.11. The fourth-order valence-electron chi connectivity index (χ4n) is 1.52. The second-order valence-corrected chi connectivity index (χ2v) is 3.96. The topological polar surface area (TPSA) is 64.1 Å². The molecule has 0 aliphatic rings. The summed E-state index contributed by atoms with van der Waals surface area (Å²) in [5.74, 6) is -0.0117. The van der Waals surface area contributed by atoms with Crippen LogP contribution in [-0.2, 0) is 16.1 Å². The van der Waals surface area contributed by atoms with Crippen LogP contribution in [0.15, 0.2) is 18.6 Å². The van der Waals surface area contributed by atoms with Gasteiger partial charge in [0.05, 0.1) is 12.8 Å². The molecule has 2 atom stereocenters. The van der Waals surface area contributed by atoms with Crippen LogP contribution in [0.25, 0.3) is 0 Å². The highest BCUT2D eigenvalue weighted by molar-refractivity contribution is 5.75. The molecular weight excluding hydrogens is 218 g/mol. The lowest BCUT2D eigenvalue weighted by atomic mass is 9.99. The minimum Gasteiger partial charge on any atom is -0.468 e. The molecule has 1 aromatic heterocycles. The first kappa shape index (κ1) is 13.6. The van der Waals surface area contributed by atoms with E-state index < -0.39 is 0 Å². The Morgan fingerprint density at radius 1 is 1.53 bits per heavy atom. The van der Waals surface area contributed by atoms with Crippen molar-refractivity contribution in [2.45, 2.75) is 32.9 Å². The summed E-state index contributed by atoms with van der Waals surface area (Å²) in [6, 6.07) is -0.299. The maximum Gasteiger partial charge on any atom is 0.323 e. The molecular formula is C12H19N3O2. The van der Waals surface area contributed by atoms with Crippen molar-refractivity contribution in [1.29, 1.82) is 0 Å². The van der Waals surface area contributed by atoms with Gasteiger partial charge in [-0.15, -0.1) is 0 Å². The van der Waals surface area contributed by atoms with Crippen LogP contribution in [0.3, 0.4) is 0 Å². The highest BCUT2D eigenvalue weighted by Gasteiger charge is 2.24. The van der Waals surface area contributed by atoms with E-state index in [9.17, 15) is 4.79 Å². The molecule has 0 amide bonds. The first-order valence-corrected chi connectivity index (χ1v) is 5.75. The lowest BCUT2D eigenvalue weighted by Crippen LogP contribution is -2.42. The molecule has 1 N–H and O–H groups in total. The summed E-state index contributed by atoms with van der Waals surface area (Å²) in [7, 11) is 1.40. The Morgan fingerprint density at radius 3 is 2.82 bits per heavy atom. The maximum atomic E-state index is 11.6. The van der Waals surface area contributed by atoms with Crippen molar-refractivity contribution in [2.75, 3.05) is 7.11 Å². The number of rotatable bonds is 6. The molecule has 0 saturated heterocycles. The molecule has 1 rings (SSSR count). The number of hydrogen-bond acceptors (Lipinski definition) is 5. The SMILES string of the molecule is CCC(C)C(NCc1cnccn1)C(=O)OC. The van der Waals surface area contributed by atoms with Gasteiger partial charge in [0.15, 0.2) is 0 Å². The van der Waals surface area contributed by atoms with Crippen molar-refractivity contribution in [3.63, 3.8) is 0 Å². The third-order valence-electron chi connectivity index (χ3n) is 2.79. The van der Waals surface area contributed by atoms with Gasteiger partial charge in [0, 0.05) is 25.1 Å². The van der Waals surface area contributed by atoms with Gasteiger partial charge in [0.2, 0.25) is 0 Å². The molecule has 1 aromatic rings. The Morgan fingerprint density at radius 2 is 2.29 bits per heavy atom. The summed E-state index contributed by atoms with van der Waals surface area (Å²) in [4.78, 5) is 19.7. The second-order valence-electron chi connectivity index (χ2n) is 3.96. The standard InChI is InChI=1S/C12H19N3O2/c1-4-9(2)11(12(16)17-3)15-8-10-7-13-5-6-14-10/h5-7,9,11,15H,4,8H2,1-3H3. The van der Waals surface area contributed by atoms with Crippen LogP contribution >= 0.6 is 0 Å². The Labute approximate surface area is 102 Å². The highest BCUT2D eigenvalue weighted by atomic mass is 16.5. The number of aromatic nitrogens is 2. The Kier molecular flexibility index (Phi) is 5.56. The minimum atomic E-state index is -0.299. The first-order chi connectivity index (χ1) is 8.19. The van der Waals surface area contributed by atoms with Crippen LogP contribution in [0.5, 0.6) is 0 Å². The average Bonchev–Trinajstić information content (AvgIpc) is 2.39. The zero-order valence-corrected chi connectivity index (χ0v) is 10.5. The van der Waals surface area contributed by atoms with E-state index in [-0.39, 0.29) is 17.9 Å². The Hall–Kier alpha value is -1.49. The fourth-order valence-corrected chi connectivity index (χ4v) is 1.52. The normalized spacial score (nSPS) is 14.1. The molecule has 0 radical (unpaired) electrons. The predicted molar refractivity (Wildman–Crippen MR) is 64.1 cm³/mol. The molecule has 0 aliphatic heterocycles. The molecule has 94 valence electrons. The van der Waals surface area contributed by atoms with Crippen LogP contribution < -0.4 is 5.32 Å². The van der Waals surface area contributed by atoms with E-state index in [0.717, 1.165) is 12.1 Å². The van der Waals surface area contributed by atoms with Crippen LogP contribution in [-0.4, -0.2) is 29.1 Å². The number of nitrogens with one attached hydrogen (secondary N) is 1. The van der Waals surface area contributed by atoms with Crippen molar-refractivity contribution in [3.8, 4) is 0 Å². The van der Waals surface area contributed by atoms with Gasteiger partial charge >= 0.3 is 5.97 Å². The second kappa shape index (κ2) is 6.96. The maximum absolute atomic E-state index is 11.6. The first-order valence-electron chi connectivity index (χ1n) is 5.75. The van der Waals surface area contributed by atoms with Crippen molar-refractivity contribution in [1.82, 2.24) is 15.3 Å². The zero-order valence-electron chi connectivity index (χ0n) is 10.5. The summed E-state index contributed by atoms with van der Waals surface area (Å²) >= 11 is 0. The van der Waals surface area contributed by atoms with Crippen LogP contribution in [0, 0.1) is 5.92 Å². The lowest BCUT2D eigenvalue weighted by Gasteiger charge is -2.21. The molecule has 5 nitrogen and oxygen atoms in total. The largest absolute Gasteiger partial charge is 0.468 e. The van der Waals surface area contributed by atoms with Gasteiger partial charge in [-0.2, -0.15) is 0 Å². The van der Waals surface area contributed by atoms with E-state index in [2.05, 4.69) is 15.3 Å². The molecule has 0 spiro atoms. The number of esters is 1. The zero-order chi connectivity index (χ0) is 12.7. The van der Waals surface area contributed by atoms with E-state index in [0.29, 0.717) is 6.54 Å². The molecule has 0 fully saturated rings. The van der Waals surface area contributed by atoms with Crippen molar-refractivity contribution in [2.24, 2.45) is 5.92 Å². The molecule has 0 bridgehead atoms. The van der Waals surface area contributed by atoms with E-state index in [1.54, 1.807) is 18.6 Å². The molecule has 0 saturated carbocycles. The predicted octanol–water partition coefficient (Wildman–Crippen LogP) is 1.15. The highest BCUT2D eigenvalue weighted by Crippen LogP contribution is 2.09. The van der Waals surface area contributed by atoms with Gasteiger partial charge in [-0.25, -0.2) is 0 Å². The van der Waals surface area contributed by atoms with Gasteiger partial charge in [-0.1, -0.05) is 20.3 Å². The monoisotopic (exact) mass is 237 g/mol. The van der Waals surface area contributed by atoms with Gasteiger partial charge in [-0.3, -0.25) is 20.1 Å². The summed E-state index contributed by atoms with van der Waals surface area (Å²) in [6.07, 6.45) is 5.84. The Bertz CT molecular complexity index is 343. The average molecular weight is 237 g/mol. The lowest BCUT2D eigenvalue weighted by molar-refractivity contribution is -0.144. The minimum absolute atomic E-state index is 0.221. The van der Waals surface area contributed by atoms with Gasteiger partial charge < -0.3 is 4.74 Å². The molecule has 0 aliphatic carbocycles. The smallest absolute Gasteiger partial charge is 0.323 e. The van der Waals surface area contributed by atoms with Crippen molar-refractivity contribution in [3.05, 3.63) is 24.3 Å². The molecule has 17 heavy (non-hydrogen) atoms. The van der Waals surface area contributed by atoms with E-state index >= 15 is 0 Å². The van der Waals surface area contributed by atoms with E-state index in [4.69, 9.17) is 4.74 Å². The van der Waals surface area contributed by atoms with Gasteiger partial charge in [-0.05, 0) is 5.92 Å². The summed E-state index contributed by atoms with van der Waals surface area (Å²) in [5, 5.41) is 3.16. The number of ether oxygens (including phenoxy) is 1. The summed E-state index contributed by atoms with van der Waals surface area (Å²) in [6.45, 7) is 4.58. The number of carbonyl (C=O) groups is 1. The van der Waals surface area contributed by atoms with E-state index in [1.165, 1.54) is 7.11 Å². The van der Waals surface area contributed by atoms with Crippen LogP contribution in [0.1, 0.15) is 26.0 Å². The quantitative estimate of drug-likeness (QED) is 0.752. The summed E-state index contributed by atoms with van der Waals surface area (Å²) < 4.78 is 4.79. The van der Waals surface area contributed by atoms with Gasteiger partial charge in [0.1, 0.15) is 6.04 Å². The van der Waals surface area contributed by atoms with Crippen molar-refractivity contribution < 1.29 is 9.53 Å². The number of carbonyl (C=O) groups excluding carboxylic acids is 1. The molecule has 5 heteroatoms. The van der Waals surface area contributed by atoms with Crippen LogP contribution in [0.2, 0.25) is 0 Å². The molecule has 1 heterocycles.